The lowest BCUT2D eigenvalue weighted by Gasteiger charge is -2.36. The molecule has 1 saturated heterocycles. The summed E-state index contributed by atoms with van der Waals surface area (Å²) in [6.07, 6.45) is 0. The Hall–Kier alpha value is -2.95. The number of halogens is 2. The number of anilines is 2. The quantitative estimate of drug-likeness (QED) is 0.351. The van der Waals surface area contributed by atoms with Gasteiger partial charge in [0.25, 0.3) is 11.8 Å². The Morgan fingerprint density at radius 2 is 1.59 bits per heavy atom. The Balaban J connectivity index is 1.31. The molecule has 7 nitrogen and oxygen atoms in total. The second-order valence-corrected chi connectivity index (χ2v) is 10.7. The average molecular weight is 646 g/mol. The fourth-order valence-corrected chi connectivity index (χ4v) is 5.67. The first-order valence-electron chi connectivity index (χ1n) is 11.6. The van der Waals surface area contributed by atoms with Gasteiger partial charge in [-0.15, -0.1) is 0 Å². The van der Waals surface area contributed by atoms with Crippen molar-refractivity contribution in [1.82, 2.24) is 10.2 Å². The van der Waals surface area contributed by atoms with E-state index in [2.05, 4.69) is 47.4 Å². The van der Waals surface area contributed by atoms with Gasteiger partial charge in [0.1, 0.15) is 5.75 Å². The molecular weight excluding hydrogens is 620 g/mol. The summed E-state index contributed by atoms with van der Waals surface area (Å²) in [6.45, 7) is 4.85. The molecule has 1 aliphatic heterocycles. The molecule has 0 radical (unpaired) electrons. The summed E-state index contributed by atoms with van der Waals surface area (Å²) in [5.41, 5.74) is 4.03. The van der Waals surface area contributed by atoms with E-state index in [0.29, 0.717) is 28.9 Å². The number of thiocarbonyl (C=S) groups is 1. The van der Waals surface area contributed by atoms with Gasteiger partial charge in [-0.25, -0.2) is 0 Å². The molecule has 37 heavy (non-hydrogen) atoms. The van der Waals surface area contributed by atoms with E-state index in [-0.39, 0.29) is 16.9 Å². The Morgan fingerprint density at radius 1 is 0.946 bits per heavy atom. The minimum Gasteiger partial charge on any atom is -0.495 e. The first-order chi connectivity index (χ1) is 17.7. The van der Waals surface area contributed by atoms with Gasteiger partial charge in [0, 0.05) is 47.6 Å². The summed E-state index contributed by atoms with van der Waals surface area (Å²) in [7, 11) is 1.50. The molecule has 1 fully saturated rings. The summed E-state index contributed by atoms with van der Waals surface area (Å²) in [5, 5.41) is 5.92. The highest BCUT2D eigenvalue weighted by Gasteiger charge is 2.22. The molecule has 2 amide bonds. The molecule has 0 saturated carbocycles. The van der Waals surface area contributed by atoms with Crippen LogP contribution in [0.3, 0.4) is 0 Å². The van der Waals surface area contributed by atoms with Crippen molar-refractivity contribution in [3.63, 3.8) is 0 Å². The summed E-state index contributed by atoms with van der Waals surface area (Å²) in [6, 6.07) is 19.0. The van der Waals surface area contributed by atoms with E-state index in [1.165, 1.54) is 7.11 Å². The molecule has 0 spiro atoms. The van der Waals surface area contributed by atoms with E-state index in [1.54, 1.807) is 12.1 Å². The number of piperazine rings is 1. The van der Waals surface area contributed by atoms with Gasteiger partial charge < -0.3 is 19.9 Å². The Morgan fingerprint density at radius 3 is 2.22 bits per heavy atom. The third-order valence-electron chi connectivity index (χ3n) is 6.04. The van der Waals surface area contributed by atoms with E-state index in [1.807, 2.05) is 60.4 Å². The lowest BCUT2D eigenvalue weighted by molar-refractivity contribution is 0.0746. The lowest BCUT2D eigenvalue weighted by atomic mass is 10.1. The van der Waals surface area contributed by atoms with E-state index in [9.17, 15) is 9.59 Å². The number of carbonyl (C=O) groups is 2. The van der Waals surface area contributed by atoms with E-state index in [0.717, 1.165) is 40.1 Å². The third-order valence-corrected chi connectivity index (χ3v) is 7.29. The maximum atomic E-state index is 12.8. The van der Waals surface area contributed by atoms with Crippen molar-refractivity contribution in [1.29, 1.82) is 0 Å². The molecule has 0 aliphatic carbocycles. The monoisotopic (exact) mass is 644 g/mol. The van der Waals surface area contributed by atoms with Gasteiger partial charge in [-0.1, -0.05) is 33.6 Å². The zero-order chi connectivity index (χ0) is 26.5. The van der Waals surface area contributed by atoms with E-state index >= 15 is 0 Å². The number of nitrogens with zero attached hydrogens (tertiary/aromatic N) is 2. The highest BCUT2D eigenvalue weighted by molar-refractivity contribution is 9.11. The number of nitrogens with one attached hydrogen (secondary N) is 2. The number of hydrogen-bond acceptors (Lipinski definition) is 5. The van der Waals surface area contributed by atoms with Crippen LogP contribution in [-0.4, -0.2) is 55.1 Å². The molecule has 2 N–H and O–H groups in total. The number of ether oxygens (including phenoxy) is 1. The van der Waals surface area contributed by atoms with Crippen LogP contribution in [0.4, 0.5) is 11.4 Å². The number of amides is 2. The molecule has 4 rings (SSSR count). The largest absolute Gasteiger partial charge is 0.495 e. The van der Waals surface area contributed by atoms with Gasteiger partial charge in [-0.05, 0) is 83.6 Å². The van der Waals surface area contributed by atoms with Crippen LogP contribution in [0, 0.1) is 6.92 Å². The minimum absolute atomic E-state index is 0.0718. The number of benzene rings is 3. The van der Waals surface area contributed by atoms with Gasteiger partial charge in [0.05, 0.1) is 17.1 Å². The summed E-state index contributed by atoms with van der Waals surface area (Å²) >= 11 is 12.1. The number of aryl methyl sites for hydroxylation is 1. The van der Waals surface area contributed by atoms with Crippen LogP contribution in [0.5, 0.6) is 5.75 Å². The van der Waals surface area contributed by atoms with Gasteiger partial charge in [-0.2, -0.15) is 0 Å². The first-order valence-corrected chi connectivity index (χ1v) is 13.6. The van der Waals surface area contributed by atoms with Crippen LogP contribution in [0.1, 0.15) is 26.3 Å². The number of carbonyl (C=O) groups excluding carboxylic acids is 2. The SMILES string of the molecule is COc1c(Br)cc(Br)cc1C(=O)NC(=S)Nc1ccc(N2CCN(C(=O)c3ccc(C)cc3)CC2)cc1. The second-order valence-electron chi connectivity index (χ2n) is 8.57. The highest BCUT2D eigenvalue weighted by Crippen LogP contribution is 2.32. The number of methoxy groups -OCH3 is 1. The van der Waals surface area contributed by atoms with Crippen molar-refractivity contribution >= 4 is 72.4 Å². The molecule has 3 aromatic rings. The molecule has 0 unspecified atom stereocenters. The topological polar surface area (TPSA) is 73.9 Å². The second kappa shape index (κ2) is 12.1. The molecule has 0 aromatic heterocycles. The van der Waals surface area contributed by atoms with Crippen molar-refractivity contribution in [3.05, 3.63) is 86.3 Å². The van der Waals surface area contributed by atoms with Crippen molar-refractivity contribution in [2.75, 3.05) is 43.5 Å². The van der Waals surface area contributed by atoms with Crippen molar-refractivity contribution in [2.24, 2.45) is 0 Å². The van der Waals surface area contributed by atoms with Gasteiger partial charge >= 0.3 is 0 Å². The third kappa shape index (κ3) is 6.68. The molecule has 1 aliphatic rings. The fraction of sp³-hybridized carbons (Fsp3) is 0.222. The normalized spacial score (nSPS) is 13.2. The van der Waals surface area contributed by atoms with E-state index < -0.39 is 0 Å². The van der Waals surface area contributed by atoms with E-state index in [4.69, 9.17) is 17.0 Å². The molecule has 0 atom stereocenters. The van der Waals surface area contributed by atoms with Crippen LogP contribution < -0.4 is 20.3 Å². The standard InChI is InChI=1S/C27H26Br2N4O3S/c1-17-3-5-18(6-4-17)26(35)33-13-11-32(12-14-33)21-9-7-20(8-10-21)30-27(37)31-25(34)22-15-19(28)16-23(29)24(22)36-2/h3-10,15-16H,11-14H2,1-2H3,(H2,30,31,34,37). The maximum absolute atomic E-state index is 12.8. The molecule has 3 aromatic carbocycles. The summed E-state index contributed by atoms with van der Waals surface area (Å²) < 4.78 is 6.74. The fourth-order valence-electron chi connectivity index (χ4n) is 4.07. The smallest absolute Gasteiger partial charge is 0.261 e. The Labute approximate surface area is 238 Å². The van der Waals surface area contributed by atoms with Crippen molar-refractivity contribution in [3.8, 4) is 5.75 Å². The van der Waals surface area contributed by atoms with Crippen molar-refractivity contribution < 1.29 is 14.3 Å². The highest BCUT2D eigenvalue weighted by atomic mass is 79.9. The zero-order valence-corrected chi connectivity index (χ0v) is 24.4. The lowest BCUT2D eigenvalue weighted by Crippen LogP contribution is -2.48. The van der Waals surface area contributed by atoms with Crippen LogP contribution in [0.2, 0.25) is 0 Å². The van der Waals surface area contributed by atoms with Crippen LogP contribution in [0.25, 0.3) is 0 Å². The molecular formula is C27H26Br2N4O3S. The maximum Gasteiger partial charge on any atom is 0.261 e. The average Bonchev–Trinajstić information content (AvgIpc) is 2.89. The predicted octanol–water partition coefficient (Wildman–Crippen LogP) is 5.62. The molecule has 10 heteroatoms. The summed E-state index contributed by atoms with van der Waals surface area (Å²) in [5.74, 6) is 0.113. The minimum atomic E-state index is -0.383. The number of hydrogen-bond donors (Lipinski definition) is 2. The van der Waals surface area contributed by atoms with Gasteiger partial charge in [-0.3, -0.25) is 14.9 Å². The zero-order valence-electron chi connectivity index (χ0n) is 20.4. The molecule has 1 heterocycles. The van der Waals surface area contributed by atoms with Crippen LogP contribution in [-0.2, 0) is 0 Å². The van der Waals surface area contributed by atoms with Gasteiger partial charge in [0.2, 0.25) is 0 Å². The van der Waals surface area contributed by atoms with Crippen LogP contribution in [0.15, 0.2) is 69.6 Å². The molecule has 0 bridgehead atoms. The summed E-state index contributed by atoms with van der Waals surface area (Å²) in [4.78, 5) is 29.7. The van der Waals surface area contributed by atoms with Gasteiger partial charge in [0.15, 0.2) is 5.11 Å². The van der Waals surface area contributed by atoms with Crippen molar-refractivity contribution in [2.45, 2.75) is 6.92 Å². The van der Waals surface area contributed by atoms with Crippen LogP contribution >= 0.6 is 44.1 Å². The number of rotatable bonds is 5. The predicted molar refractivity (Wildman–Crippen MR) is 158 cm³/mol. The first kappa shape index (κ1) is 27.1. The molecule has 192 valence electrons. The Bertz CT molecular complexity index is 1310. The Kier molecular flexibility index (Phi) is 8.83.